The van der Waals surface area contributed by atoms with Gasteiger partial charge in [-0.3, -0.25) is 0 Å². The molecule has 100 valence electrons. The summed E-state index contributed by atoms with van der Waals surface area (Å²) in [5.41, 5.74) is 0.208. The Labute approximate surface area is 111 Å². The topological polar surface area (TPSA) is 41.5 Å². The molecule has 0 saturated carbocycles. The van der Waals surface area contributed by atoms with E-state index in [-0.39, 0.29) is 5.02 Å². The van der Waals surface area contributed by atoms with Gasteiger partial charge in [-0.2, -0.15) is 0 Å². The van der Waals surface area contributed by atoms with Crippen LogP contribution in [0, 0.1) is 5.82 Å². The van der Waals surface area contributed by atoms with Crippen molar-refractivity contribution in [3.63, 3.8) is 0 Å². The second-order valence-electron chi connectivity index (χ2n) is 4.69. The predicted molar refractivity (Wildman–Crippen MR) is 68.1 cm³/mol. The van der Waals surface area contributed by atoms with Gasteiger partial charge in [0.2, 0.25) is 0 Å². The summed E-state index contributed by atoms with van der Waals surface area (Å²) in [5.74, 6) is -0.413. The lowest BCUT2D eigenvalue weighted by Gasteiger charge is -2.32. The van der Waals surface area contributed by atoms with Crippen molar-refractivity contribution in [2.75, 3.05) is 19.8 Å². The average molecular weight is 274 g/mol. The number of benzene rings is 1. The molecule has 0 unspecified atom stereocenters. The molecule has 2 N–H and O–H groups in total. The predicted octanol–water partition coefficient (Wildman–Crippen LogP) is 2.11. The van der Waals surface area contributed by atoms with E-state index in [0.29, 0.717) is 39.1 Å². The van der Waals surface area contributed by atoms with Gasteiger partial charge >= 0.3 is 0 Å². The van der Waals surface area contributed by atoms with Crippen LogP contribution in [0.15, 0.2) is 18.2 Å². The van der Waals surface area contributed by atoms with Crippen LogP contribution in [0.4, 0.5) is 4.39 Å². The lowest BCUT2D eigenvalue weighted by molar-refractivity contribution is -0.0617. The van der Waals surface area contributed by atoms with Crippen LogP contribution in [0.25, 0.3) is 0 Å². The Morgan fingerprint density at radius 3 is 2.78 bits per heavy atom. The van der Waals surface area contributed by atoms with Crippen molar-refractivity contribution in [2.45, 2.75) is 25.0 Å². The van der Waals surface area contributed by atoms with Crippen molar-refractivity contribution in [2.24, 2.45) is 0 Å². The third-order valence-electron chi connectivity index (χ3n) is 3.19. The monoisotopic (exact) mass is 273 g/mol. The lowest BCUT2D eigenvalue weighted by atomic mass is 9.94. The minimum atomic E-state index is -0.692. The van der Waals surface area contributed by atoms with Crippen molar-refractivity contribution < 1.29 is 14.2 Å². The molecule has 0 atom stereocenters. The van der Waals surface area contributed by atoms with E-state index in [4.69, 9.17) is 16.3 Å². The molecule has 3 nitrogen and oxygen atoms in total. The van der Waals surface area contributed by atoms with Gasteiger partial charge in [0.1, 0.15) is 5.82 Å². The number of halogens is 2. The summed E-state index contributed by atoms with van der Waals surface area (Å²) in [6.45, 7) is 2.26. The molecule has 0 aromatic heterocycles. The van der Waals surface area contributed by atoms with Crippen LogP contribution < -0.4 is 5.32 Å². The third kappa shape index (κ3) is 3.65. The van der Waals surface area contributed by atoms with E-state index in [1.807, 2.05) is 0 Å². The molecule has 0 bridgehead atoms. The molecule has 2 rings (SSSR count). The van der Waals surface area contributed by atoms with E-state index in [2.05, 4.69) is 5.32 Å². The first kappa shape index (κ1) is 13.7. The molecule has 1 aliphatic rings. The summed E-state index contributed by atoms with van der Waals surface area (Å²) in [6.07, 6.45) is 1.29. The number of ether oxygens (including phenoxy) is 1. The SMILES string of the molecule is OC1(CNCc2ccc(F)c(Cl)c2)CCOCC1. The van der Waals surface area contributed by atoms with Gasteiger partial charge < -0.3 is 15.2 Å². The first-order valence-corrected chi connectivity index (χ1v) is 6.42. The van der Waals surface area contributed by atoms with Gasteiger partial charge in [-0.05, 0) is 17.7 Å². The normalized spacial score (nSPS) is 18.8. The highest BCUT2D eigenvalue weighted by atomic mass is 35.5. The Morgan fingerprint density at radius 1 is 1.39 bits per heavy atom. The Bertz CT molecular complexity index is 408. The summed E-state index contributed by atoms with van der Waals surface area (Å²) < 4.78 is 18.2. The maximum atomic E-state index is 13.0. The Kier molecular flexibility index (Phi) is 4.56. The molecule has 5 heteroatoms. The van der Waals surface area contributed by atoms with E-state index in [1.54, 1.807) is 12.1 Å². The zero-order valence-corrected chi connectivity index (χ0v) is 10.8. The van der Waals surface area contributed by atoms with E-state index in [0.717, 1.165) is 5.56 Å². The smallest absolute Gasteiger partial charge is 0.141 e. The Hall–Kier alpha value is -0.680. The van der Waals surface area contributed by atoms with Gasteiger partial charge in [-0.1, -0.05) is 17.7 Å². The van der Waals surface area contributed by atoms with Gasteiger partial charge in [-0.25, -0.2) is 4.39 Å². The molecule has 0 amide bonds. The van der Waals surface area contributed by atoms with Crippen LogP contribution >= 0.6 is 11.6 Å². The number of rotatable bonds is 4. The van der Waals surface area contributed by atoms with Crippen LogP contribution in [0.2, 0.25) is 5.02 Å². The van der Waals surface area contributed by atoms with Gasteiger partial charge in [0.15, 0.2) is 0 Å². The molecule has 0 aliphatic carbocycles. The Balaban J connectivity index is 1.82. The first-order valence-electron chi connectivity index (χ1n) is 6.04. The van der Waals surface area contributed by atoms with Crippen LogP contribution in [-0.2, 0) is 11.3 Å². The summed E-state index contributed by atoms with van der Waals surface area (Å²) in [6, 6.07) is 4.63. The molecule has 0 spiro atoms. The quantitative estimate of drug-likeness (QED) is 0.883. The van der Waals surface area contributed by atoms with E-state index in [1.165, 1.54) is 6.07 Å². The second kappa shape index (κ2) is 5.97. The molecule has 1 fully saturated rings. The highest BCUT2D eigenvalue weighted by molar-refractivity contribution is 6.30. The lowest BCUT2D eigenvalue weighted by Crippen LogP contribution is -2.44. The fourth-order valence-electron chi connectivity index (χ4n) is 2.02. The standard InChI is InChI=1S/C13H17ClFNO2/c14-11-7-10(1-2-12(11)15)8-16-9-13(17)3-5-18-6-4-13/h1-2,7,16-17H,3-6,8-9H2. The zero-order chi connectivity index (χ0) is 13.0. The van der Waals surface area contributed by atoms with Crippen molar-refractivity contribution in [3.8, 4) is 0 Å². The van der Waals surface area contributed by atoms with Crippen LogP contribution in [0.5, 0.6) is 0 Å². The first-order chi connectivity index (χ1) is 8.59. The molecule has 1 saturated heterocycles. The number of hydrogen-bond acceptors (Lipinski definition) is 3. The molecule has 1 heterocycles. The van der Waals surface area contributed by atoms with E-state index < -0.39 is 11.4 Å². The van der Waals surface area contributed by atoms with Crippen molar-refractivity contribution in [3.05, 3.63) is 34.6 Å². The van der Waals surface area contributed by atoms with E-state index >= 15 is 0 Å². The van der Waals surface area contributed by atoms with Gasteiger partial charge in [-0.15, -0.1) is 0 Å². The summed E-state index contributed by atoms with van der Waals surface area (Å²) in [7, 11) is 0. The van der Waals surface area contributed by atoms with Crippen LogP contribution in [0.1, 0.15) is 18.4 Å². The summed E-state index contributed by atoms with van der Waals surface area (Å²) in [4.78, 5) is 0. The Morgan fingerprint density at radius 2 is 2.11 bits per heavy atom. The highest BCUT2D eigenvalue weighted by Crippen LogP contribution is 2.20. The van der Waals surface area contributed by atoms with Crippen LogP contribution in [0.3, 0.4) is 0 Å². The second-order valence-corrected chi connectivity index (χ2v) is 5.10. The third-order valence-corrected chi connectivity index (χ3v) is 3.48. The minimum absolute atomic E-state index is 0.124. The summed E-state index contributed by atoms with van der Waals surface area (Å²) in [5, 5.41) is 13.5. The largest absolute Gasteiger partial charge is 0.388 e. The van der Waals surface area contributed by atoms with Gasteiger partial charge in [0.05, 0.1) is 10.6 Å². The van der Waals surface area contributed by atoms with Crippen molar-refractivity contribution in [1.82, 2.24) is 5.32 Å². The fourth-order valence-corrected chi connectivity index (χ4v) is 2.22. The molecular weight excluding hydrogens is 257 g/mol. The minimum Gasteiger partial charge on any atom is -0.388 e. The number of hydrogen-bond donors (Lipinski definition) is 2. The molecule has 1 aromatic carbocycles. The average Bonchev–Trinajstić information content (AvgIpc) is 2.34. The molecule has 18 heavy (non-hydrogen) atoms. The number of nitrogens with one attached hydrogen (secondary N) is 1. The zero-order valence-electron chi connectivity index (χ0n) is 10.1. The maximum absolute atomic E-state index is 13.0. The van der Waals surface area contributed by atoms with Crippen LogP contribution in [-0.4, -0.2) is 30.5 Å². The maximum Gasteiger partial charge on any atom is 0.141 e. The molecule has 1 aromatic rings. The van der Waals surface area contributed by atoms with E-state index in [9.17, 15) is 9.50 Å². The fraction of sp³-hybridized carbons (Fsp3) is 0.538. The summed E-state index contributed by atoms with van der Waals surface area (Å²) >= 11 is 5.70. The van der Waals surface area contributed by atoms with Crippen molar-refractivity contribution in [1.29, 1.82) is 0 Å². The molecular formula is C13H17ClFNO2. The van der Waals surface area contributed by atoms with Gasteiger partial charge in [0.25, 0.3) is 0 Å². The molecule has 0 radical (unpaired) electrons. The van der Waals surface area contributed by atoms with Gasteiger partial charge in [0, 0.05) is 39.1 Å². The number of aliphatic hydroxyl groups is 1. The van der Waals surface area contributed by atoms with Crippen molar-refractivity contribution >= 4 is 11.6 Å². The highest BCUT2D eigenvalue weighted by Gasteiger charge is 2.28. The molecule has 1 aliphatic heterocycles.